The summed E-state index contributed by atoms with van der Waals surface area (Å²) >= 11 is 0. The van der Waals surface area contributed by atoms with Gasteiger partial charge in [-0.1, -0.05) is 30.3 Å². The van der Waals surface area contributed by atoms with E-state index in [1.54, 1.807) is 0 Å². The zero-order chi connectivity index (χ0) is 22.4. The van der Waals surface area contributed by atoms with E-state index in [0.717, 1.165) is 20.3 Å². The summed E-state index contributed by atoms with van der Waals surface area (Å²) in [6, 6.07) is 12.6. The summed E-state index contributed by atoms with van der Waals surface area (Å²) in [7, 11) is -0.842. The molecule has 1 heterocycles. The highest BCUT2D eigenvalue weighted by atomic mass is 32.2. The van der Waals surface area contributed by atoms with Crippen LogP contribution in [-0.4, -0.2) is 56.1 Å². The van der Waals surface area contributed by atoms with E-state index in [1.807, 2.05) is 24.3 Å². The summed E-state index contributed by atoms with van der Waals surface area (Å²) in [4.78, 5) is 39.1. The Bertz CT molecular complexity index is 1190. The Hall–Kier alpha value is -3.24. The van der Waals surface area contributed by atoms with E-state index >= 15 is 0 Å². The summed E-state index contributed by atoms with van der Waals surface area (Å²) in [6.07, 6.45) is 1.11. The first-order valence-electron chi connectivity index (χ1n) is 9.70. The van der Waals surface area contributed by atoms with Gasteiger partial charge in [-0.15, -0.1) is 0 Å². The molecule has 1 spiro atoms. The van der Waals surface area contributed by atoms with Crippen LogP contribution in [0.5, 0.6) is 0 Å². The average Bonchev–Trinajstić information content (AvgIpc) is 3.21. The third kappa shape index (κ3) is 3.47. The van der Waals surface area contributed by atoms with Gasteiger partial charge in [0, 0.05) is 19.8 Å². The molecule has 9 nitrogen and oxygen atoms in total. The molecule has 10 heteroatoms. The van der Waals surface area contributed by atoms with Gasteiger partial charge in [-0.05, 0) is 42.2 Å². The van der Waals surface area contributed by atoms with Crippen molar-refractivity contribution in [3.05, 3.63) is 59.7 Å². The lowest BCUT2D eigenvalue weighted by Gasteiger charge is -2.22. The number of carbonyl (C=O) groups is 3. The lowest BCUT2D eigenvalue weighted by molar-refractivity contribution is -0.134. The zero-order valence-electron chi connectivity index (χ0n) is 17.1. The van der Waals surface area contributed by atoms with Crippen molar-refractivity contribution in [2.45, 2.75) is 23.3 Å². The molecule has 2 aliphatic rings. The van der Waals surface area contributed by atoms with E-state index in [-0.39, 0.29) is 10.6 Å². The second-order valence-electron chi connectivity index (χ2n) is 7.75. The smallest absolute Gasteiger partial charge is 0.324 e. The van der Waals surface area contributed by atoms with Crippen molar-refractivity contribution in [3.63, 3.8) is 0 Å². The van der Waals surface area contributed by atoms with Crippen LogP contribution in [0.1, 0.15) is 17.5 Å². The van der Waals surface area contributed by atoms with Crippen LogP contribution in [0.3, 0.4) is 0 Å². The molecule has 162 valence electrons. The molecule has 0 bridgehead atoms. The molecule has 0 aromatic heterocycles. The van der Waals surface area contributed by atoms with E-state index in [0.29, 0.717) is 12.8 Å². The molecule has 31 heavy (non-hydrogen) atoms. The number of urea groups is 1. The number of aryl methyl sites for hydroxylation is 1. The Balaban J connectivity index is 1.50. The minimum atomic E-state index is -3.67. The van der Waals surface area contributed by atoms with Crippen molar-refractivity contribution < 1.29 is 22.8 Å². The first-order valence-corrected chi connectivity index (χ1v) is 11.1. The Kier molecular flexibility index (Phi) is 5.06. The van der Waals surface area contributed by atoms with Crippen LogP contribution in [0.4, 0.5) is 10.5 Å². The molecule has 2 aromatic rings. The minimum Gasteiger partial charge on any atom is -0.324 e. The topological polar surface area (TPSA) is 116 Å². The average molecular weight is 442 g/mol. The number of nitrogens with zero attached hydrogens (tertiary/aromatic N) is 2. The third-order valence-electron chi connectivity index (χ3n) is 5.62. The summed E-state index contributed by atoms with van der Waals surface area (Å²) in [6.45, 7) is -0.473. The molecule has 1 saturated heterocycles. The normalized spacial score (nSPS) is 20.3. The molecule has 4 rings (SSSR count). The van der Waals surface area contributed by atoms with Gasteiger partial charge in [0.2, 0.25) is 15.9 Å². The Morgan fingerprint density at radius 3 is 2.65 bits per heavy atom. The van der Waals surface area contributed by atoms with E-state index in [9.17, 15) is 22.8 Å². The SMILES string of the molecule is CN(C)S(=O)(=O)c1cccc(NC(=O)CN2C(=O)NC3(CCc4ccccc43)C2=O)c1. The first kappa shape index (κ1) is 21.0. The van der Waals surface area contributed by atoms with Gasteiger partial charge in [0.05, 0.1) is 4.90 Å². The highest BCUT2D eigenvalue weighted by Gasteiger charge is 2.55. The Morgan fingerprint density at radius 2 is 1.90 bits per heavy atom. The molecular weight excluding hydrogens is 420 g/mol. The van der Waals surface area contributed by atoms with Crippen molar-refractivity contribution in [1.29, 1.82) is 0 Å². The molecule has 2 aromatic carbocycles. The van der Waals surface area contributed by atoms with Gasteiger partial charge in [0.25, 0.3) is 5.91 Å². The highest BCUT2D eigenvalue weighted by Crippen LogP contribution is 2.41. The number of benzene rings is 2. The number of anilines is 1. The van der Waals surface area contributed by atoms with Crippen LogP contribution in [-0.2, 0) is 31.6 Å². The monoisotopic (exact) mass is 442 g/mol. The quantitative estimate of drug-likeness (QED) is 0.677. The van der Waals surface area contributed by atoms with Crippen molar-refractivity contribution in [3.8, 4) is 0 Å². The van der Waals surface area contributed by atoms with Crippen LogP contribution >= 0.6 is 0 Å². The van der Waals surface area contributed by atoms with Gasteiger partial charge in [-0.3, -0.25) is 14.5 Å². The van der Waals surface area contributed by atoms with Crippen LogP contribution in [0, 0.1) is 0 Å². The predicted octanol–water partition coefficient (Wildman–Crippen LogP) is 1.27. The maximum absolute atomic E-state index is 13.1. The van der Waals surface area contributed by atoms with E-state index in [1.165, 1.54) is 38.4 Å². The van der Waals surface area contributed by atoms with Gasteiger partial charge in [0.15, 0.2) is 0 Å². The van der Waals surface area contributed by atoms with Crippen molar-refractivity contribution in [2.24, 2.45) is 0 Å². The van der Waals surface area contributed by atoms with Crippen molar-refractivity contribution in [1.82, 2.24) is 14.5 Å². The van der Waals surface area contributed by atoms with Crippen LogP contribution in [0.25, 0.3) is 0 Å². The number of fused-ring (bicyclic) bond motifs is 2. The number of rotatable bonds is 5. The maximum atomic E-state index is 13.1. The Labute approximate surface area is 180 Å². The number of carbonyl (C=O) groups excluding carboxylic acids is 3. The van der Waals surface area contributed by atoms with Gasteiger partial charge in [0.1, 0.15) is 12.1 Å². The molecule has 1 fully saturated rings. The molecule has 1 unspecified atom stereocenters. The summed E-state index contributed by atoms with van der Waals surface area (Å²) in [5.41, 5.74) is 0.883. The van der Waals surface area contributed by atoms with Crippen LogP contribution < -0.4 is 10.6 Å². The number of hydrogen-bond acceptors (Lipinski definition) is 5. The van der Waals surface area contributed by atoms with Crippen molar-refractivity contribution in [2.75, 3.05) is 26.0 Å². The summed E-state index contributed by atoms with van der Waals surface area (Å²) < 4.78 is 25.6. The fourth-order valence-corrected chi connectivity index (χ4v) is 4.97. The number of sulfonamides is 1. The second kappa shape index (κ2) is 7.47. The number of imide groups is 1. The van der Waals surface area contributed by atoms with Gasteiger partial charge in [-0.25, -0.2) is 17.5 Å². The second-order valence-corrected chi connectivity index (χ2v) is 9.90. The fraction of sp³-hybridized carbons (Fsp3) is 0.286. The maximum Gasteiger partial charge on any atom is 0.325 e. The number of nitrogens with one attached hydrogen (secondary N) is 2. The Morgan fingerprint density at radius 1 is 1.16 bits per heavy atom. The molecule has 1 aliphatic heterocycles. The fourth-order valence-electron chi connectivity index (χ4n) is 4.02. The molecule has 1 aliphatic carbocycles. The standard InChI is InChI=1S/C21H22N4O5S/c1-24(2)31(29,30)16-8-5-7-15(12-16)22-18(26)13-25-19(27)21(23-20(25)28)11-10-14-6-3-4-9-17(14)21/h3-9,12H,10-11,13H2,1-2H3,(H,22,26)(H,23,28). The molecule has 2 N–H and O–H groups in total. The first-order chi connectivity index (χ1) is 14.6. The predicted molar refractivity (Wildman–Crippen MR) is 113 cm³/mol. The molecule has 0 saturated carbocycles. The lowest BCUT2D eigenvalue weighted by atomic mass is 9.92. The zero-order valence-corrected chi connectivity index (χ0v) is 17.9. The molecule has 1 atom stereocenters. The van der Waals surface area contributed by atoms with E-state index in [4.69, 9.17) is 0 Å². The number of hydrogen-bond donors (Lipinski definition) is 2. The number of amides is 4. The van der Waals surface area contributed by atoms with Crippen LogP contribution in [0.2, 0.25) is 0 Å². The van der Waals surface area contributed by atoms with Gasteiger partial charge in [-0.2, -0.15) is 0 Å². The summed E-state index contributed by atoms with van der Waals surface area (Å²) in [5, 5.41) is 5.33. The molecular formula is C21H22N4O5S. The highest BCUT2D eigenvalue weighted by molar-refractivity contribution is 7.89. The lowest BCUT2D eigenvalue weighted by Crippen LogP contribution is -2.43. The largest absolute Gasteiger partial charge is 0.325 e. The third-order valence-corrected chi connectivity index (χ3v) is 7.43. The van der Waals surface area contributed by atoms with Gasteiger partial charge < -0.3 is 10.6 Å². The summed E-state index contributed by atoms with van der Waals surface area (Å²) in [5.74, 6) is -1.06. The van der Waals surface area contributed by atoms with E-state index < -0.39 is 40.0 Å². The minimum absolute atomic E-state index is 0.0202. The van der Waals surface area contributed by atoms with Crippen LogP contribution in [0.15, 0.2) is 53.4 Å². The van der Waals surface area contributed by atoms with Crippen molar-refractivity contribution >= 4 is 33.6 Å². The van der Waals surface area contributed by atoms with E-state index in [2.05, 4.69) is 10.6 Å². The molecule has 4 amide bonds. The molecule has 0 radical (unpaired) electrons. The van der Waals surface area contributed by atoms with Gasteiger partial charge >= 0.3 is 6.03 Å².